The molecule has 1 amide bonds. The van der Waals surface area contributed by atoms with Gasteiger partial charge in [-0.2, -0.15) is 0 Å². The Morgan fingerprint density at radius 1 is 0.935 bits per heavy atom. The predicted molar refractivity (Wildman–Crippen MR) is 130 cm³/mol. The number of para-hydroxylation sites is 2. The first-order valence-corrected chi connectivity index (χ1v) is 11.0. The van der Waals surface area contributed by atoms with Crippen LogP contribution in [0.2, 0.25) is 0 Å². The fourth-order valence-electron chi connectivity index (χ4n) is 3.75. The summed E-state index contributed by atoms with van der Waals surface area (Å²) in [6, 6.07) is 24.5. The van der Waals surface area contributed by atoms with Crippen molar-refractivity contribution in [1.29, 1.82) is 0 Å². The Morgan fingerprint density at radius 2 is 1.65 bits per heavy atom. The number of carbonyl (C=O) groups is 1. The Kier molecular flexibility index (Phi) is 5.18. The van der Waals surface area contributed by atoms with Gasteiger partial charge in [-0.15, -0.1) is 0 Å². The number of aromatic nitrogens is 1. The summed E-state index contributed by atoms with van der Waals surface area (Å²) in [7, 11) is 0. The van der Waals surface area contributed by atoms with E-state index >= 15 is 0 Å². The number of carbonyl (C=O) groups excluding carboxylic acids is 1. The Hall–Kier alpha value is -3.22. The Labute approximate surface area is 188 Å². The van der Waals surface area contributed by atoms with Crippen LogP contribution in [-0.2, 0) is 11.3 Å². The van der Waals surface area contributed by atoms with Crippen molar-refractivity contribution in [2.24, 2.45) is 0 Å². The number of nitrogens with zero attached hydrogens (tertiary/aromatic N) is 2. The van der Waals surface area contributed by atoms with Crippen LogP contribution in [0.5, 0.6) is 0 Å². The van der Waals surface area contributed by atoms with Crippen molar-refractivity contribution in [2.45, 2.75) is 6.54 Å². The number of thiocarbonyl (C=S) groups is 1. The summed E-state index contributed by atoms with van der Waals surface area (Å²) in [5.74, 6) is -0.778. The van der Waals surface area contributed by atoms with Gasteiger partial charge in [-0.3, -0.25) is 9.69 Å². The van der Waals surface area contributed by atoms with Crippen LogP contribution in [0.3, 0.4) is 0 Å². The highest BCUT2D eigenvalue weighted by molar-refractivity contribution is 8.27. The summed E-state index contributed by atoms with van der Waals surface area (Å²) < 4.78 is 16.8. The lowest BCUT2D eigenvalue weighted by atomic mass is 10.1. The number of rotatable bonds is 4. The minimum atomic E-state index is -0.473. The van der Waals surface area contributed by atoms with Crippen molar-refractivity contribution < 1.29 is 9.18 Å². The van der Waals surface area contributed by atoms with Crippen molar-refractivity contribution in [1.82, 2.24) is 4.57 Å². The van der Waals surface area contributed by atoms with Crippen LogP contribution >= 0.6 is 24.0 Å². The van der Waals surface area contributed by atoms with E-state index in [0.717, 1.165) is 23.0 Å². The first kappa shape index (κ1) is 19.7. The molecule has 0 aliphatic carbocycles. The number of thioether (sulfide) groups is 1. The number of hydrogen-bond donors (Lipinski definition) is 0. The molecule has 0 saturated carbocycles. The third-order valence-corrected chi connectivity index (χ3v) is 6.49. The molecule has 0 atom stereocenters. The zero-order chi connectivity index (χ0) is 21.4. The van der Waals surface area contributed by atoms with E-state index in [-0.39, 0.29) is 11.6 Å². The van der Waals surface area contributed by atoms with Crippen molar-refractivity contribution in [3.63, 3.8) is 0 Å². The van der Waals surface area contributed by atoms with E-state index in [9.17, 15) is 9.18 Å². The molecule has 3 aromatic carbocycles. The summed E-state index contributed by atoms with van der Waals surface area (Å²) in [6.45, 7) is 0.728. The maximum atomic E-state index is 14.3. The fraction of sp³-hybridized carbons (Fsp3) is 0.0400. The van der Waals surface area contributed by atoms with E-state index < -0.39 is 5.82 Å². The maximum Gasteiger partial charge on any atom is 0.270 e. The minimum absolute atomic E-state index is 0.180. The summed E-state index contributed by atoms with van der Waals surface area (Å²) in [4.78, 5) is 14.8. The molecule has 152 valence electrons. The maximum absolute atomic E-state index is 14.3. The van der Waals surface area contributed by atoms with Gasteiger partial charge < -0.3 is 4.57 Å². The molecule has 0 spiro atoms. The highest BCUT2D eigenvalue weighted by Crippen LogP contribution is 2.38. The number of hydrogen-bond acceptors (Lipinski definition) is 3. The van der Waals surface area contributed by atoms with Crippen LogP contribution in [0.15, 0.2) is 90.0 Å². The summed E-state index contributed by atoms with van der Waals surface area (Å²) >= 11 is 6.59. The molecule has 1 aromatic heterocycles. The van der Waals surface area contributed by atoms with Crippen molar-refractivity contribution >= 4 is 56.9 Å². The molecule has 1 fully saturated rings. The summed E-state index contributed by atoms with van der Waals surface area (Å²) in [5, 5.41) is 1.05. The van der Waals surface area contributed by atoms with Gasteiger partial charge in [0.15, 0.2) is 4.32 Å². The Morgan fingerprint density at radius 3 is 2.45 bits per heavy atom. The molecule has 1 aliphatic heterocycles. The monoisotopic (exact) mass is 444 g/mol. The lowest BCUT2D eigenvalue weighted by Crippen LogP contribution is -2.28. The number of benzene rings is 3. The van der Waals surface area contributed by atoms with E-state index in [1.165, 1.54) is 28.3 Å². The fourth-order valence-corrected chi connectivity index (χ4v) is 5.03. The van der Waals surface area contributed by atoms with Crippen LogP contribution in [-0.4, -0.2) is 14.8 Å². The third kappa shape index (κ3) is 3.69. The number of fused-ring (bicyclic) bond motifs is 1. The smallest absolute Gasteiger partial charge is 0.270 e. The van der Waals surface area contributed by atoms with Crippen LogP contribution in [0, 0.1) is 5.82 Å². The molecule has 0 N–H and O–H groups in total. The van der Waals surface area contributed by atoms with E-state index in [0.29, 0.717) is 9.23 Å². The van der Waals surface area contributed by atoms with Crippen molar-refractivity contribution in [3.05, 3.63) is 107 Å². The second kappa shape index (κ2) is 8.13. The standard InChI is InChI=1S/C25H17FN2OS2/c26-20-11-5-7-13-22(20)28-24(29)23(31-25(28)30)14-18-16-27(15-17-8-2-1-3-9-17)21-12-6-4-10-19(18)21/h1-14,16H,15H2. The first-order chi connectivity index (χ1) is 15.1. The molecule has 0 unspecified atom stereocenters. The molecule has 0 bridgehead atoms. The number of anilines is 1. The Balaban J connectivity index is 1.54. The third-order valence-electron chi connectivity index (χ3n) is 5.19. The van der Waals surface area contributed by atoms with Crippen LogP contribution in [0.4, 0.5) is 10.1 Å². The second-order valence-corrected chi connectivity index (χ2v) is 8.86. The lowest BCUT2D eigenvalue weighted by Gasteiger charge is -2.14. The molecule has 31 heavy (non-hydrogen) atoms. The molecule has 2 heterocycles. The van der Waals surface area contributed by atoms with Gasteiger partial charge in [0.1, 0.15) is 5.82 Å². The molecule has 1 saturated heterocycles. The SMILES string of the molecule is O=C1C(=Cc2cn(Cc3ccccc3)c3ccccc23)SC(=S)N1c1ccccc1F. The van der Waals surface area contributed by atoms with Crippen molar-refractivity contribution in [3.8, 4) is 0 Å². The van der Waals surface area contributed by atoms with Gasteiger partial charge in [0.2, 0.25) is 0 Å². The minimum Gasteiger partial charge on any atom is -0.342 e. The van der Waals surface area contributed by atoms with Gasteiger partial charge in [0.05, 0.1) is 10.6 Å². The zero-order valence-corrected chi connectivity index (χ0v) is 18.0. The number of halogens is 1. The molecule has 6 heteroatoms. The molecule has 4 aromatic rings. The van der Waals surface area contributed by atoms with Crippen LogP contribution in [0.25, 0.3) is 17.0 Å². The van der Waals surface area contributed by atoms with Crippen LogP contribution < -0.4 is 4.90 Å². The highest BCUT2D eigenvalue weighted by atomic mass is 32.2. The van der Waals surface area contributed by atoms with E-state index in [4.69, 9.17) is 12.2 Å². The number of amides is 1. The Bertz CT molecular complexity index is 1340. The topological polar surface area (TPSA) is 25.2 Å². The van der Waals surface area contributed by atoms with Gasteiger partial charge in [0.25, 0.3) is 5.91 Å². The molecule has 1 aliphatic rings. The second-order valence-electron chi connectivity index (χ2n) is 7.18. The molecular formula is C25H17FN2OS2. The zero-order valence-electron chi connectivity index (χ0n) is 16.4. The molecular weight excluding hydrogens is 427 g/mol. The van der Waals surface area contributed by atoms with Gasteiger partial charge in [-0.05, 0) is 29.8 Å². The summed E-state index contributed by atoms with van der Waals surface area (Å²) in [5.41, 5.74) is 3.39. The van der Waals surface area contributed by atoms with Crippen LogP contribution in [0.1, 0.15) is 11.1 Å². The molecule has 5 rings (SSSR count). The average Bonchev–Trinajstić information content (AvgIpc) is 3.26. The quantitative estimate of drug-likeness (QED) is 0.275. The van der Waals surface area contributed by atoms with E-state index in [1.807, 2.05) is 48.7 Å². The summed E-state index contributed by atoms with van der Waals surface area (Å²) in [6.07, 6.45) is 3.90. The van der Waals surface area contributed by atoms with Crippen molar-refractivity contribution in [2.75, 3.05) is 4.90 Å². The van der Waals surface area contributed by atoms with Gasteiger partial charge >= 0.3 is 0 Å². The normalized spacial score (nSPS) is 15.4. The van der Waals surface area contributed by atoms with Gasteiger partial charge in [-0.1, -0.05) is 84.6 Å². The van der Waals surface area contributed by atoms with E-state index in [2.05, 4.69) is 22.8 Å². The van der Waals surface area contributed by atoms with E-state index in [1.54, 1.807) is 18.2 Å². The molecule has 3 nitrogen and oxygen atoms in total. The lowest BCUT2D eigenvalue weighted by molar-refractivity contribution is -0.113. The first-order valence-electron chi connectivity index (χ1n) is 9.76. The largest absolute Gasteiger partial charge is 0.342 e. The highest BCUT2D eigenvalue weighted by Gasteiger charge is 2.34. The van der Waals surface area contributed by atoms with Gasteiger partial charge in [-0.25, -0.2) is 4.39 Å². The average molecular weight is 445 g/mol. The molecule has 0 radical (unpaired) electrons. The predicted octanol–water partition coefficient (Wildman–Crippen LogP) is 6.23. The van der Waals surface area contributed by atoms with Gasteiger partial charge in [0, 0.05) is 29.2 Å².